The molecule has 0 saturated carbocycles. The van der Waals surface area contributed by atoms with Crippen molar-refractivity contribution < 1.29 is 9.90 Å². The van der Waals surface area contributed by atoms with Crippen molar-refractivity contribution in [1.29, 1.82) is 0 Å². The van der Waals surface area contributed by atoms with E-state index in [-0.39, 0.29) is 10.8 Å². The summed E-state index contributed by atoms with van der Waals surface area (Å²) in [6, 6.07) is 8.46. The molecule has 0 aliphatic rings. The maximum Gasteiger partial charge on any atom is 0.225 e. The Bertz CT molecular complexity index is 903. The number of aromatic hydroxyl groups is 1. The van der Waals surface area contributed by atoms with Crippen LogP contribution < -0.4 is 0 Å². The molecule has 0 aliphatic heterocycles. The fourth-order valence-corrected chi connectivity index (χ4v) is 3.72. The lowest BCUT2D eigenvalue weighted by Crippen LogP contribution is -2.15. The Balaban J connectivity index is 2.70. The molecule has 0 aliphatic carbocycles. The average molecular weight is 378 g/mol. The first-order valence-corrected chi connectivity index (χ1v) is 9.85. The molecule has 2 rings (SSSR count). The van der Waals surface area contributed by atoms with Gasteiger partial charge in [-0.05, 0) is 58.6 Å². The molecule has 0 bridgehead atoms. The molecule has 0 saturated heterocycles. The minimum absolute atomic E-state index is 0.0610. The van der Waals surface area contributed by atoms with Crippen LogP contribution in [-0.2, 0) is 22.0 Å². The molecule has 0 amide bonds. The number of phenols is 1. The predicted octanol–water partition coefficient (Wildman–Crippen LogP) is 6.32. The van der Waals surface area contributed by atoms with Crippen molar-refractivity contribution in [3.8, 4) is 5.75 Å². The summed E-state index contributed by atoms with van der Waals surface area (Å²) >= 11 is 0. The quantitative estimate of drug-likeness (QED) is 0.633. The van der Waals surface area contributed by atoms with Crippen molar-refractivity contribution in [3.05, 3.63) is 69.3 Å². The van der Waals surface area contributed by atoms with E-state index >= 15 is 0 Å². The van der Waals surface area contributed by atoms with E-state index in [1.807, 2.05) is 12.4 Å². The Labute approximate surface area is 170 Å². The van der Waals surface area contributed by atoms with E-state index in [9.17, 15) is 9.90 Å². The molecule has 2 nitrogen and oxygen atoms in total. The van der Waals surface area contributed by atoms with Crippen molar-refractivity contribution >= 4 is 12.4 Å². The first kappa shape index (κ1) is 21.9. The van der Waals surface area contributed by atoms with E-state index in [1.165, 1.54) is 17.2 Å². The predicted molar refractivity (Wildman–Crippen MR) is 119 cm³/mol. The van der Waals surface area contributed by atoms with Gasteiger partial charge in [0.05, 0.1) is 0 Å². The summed E-state index contributed by atoms with van der Waals surface area (Å²) in [4.78, 5) is 10.9. The Morgan fingerprint density at radius 2 is 1.36 bits per heavy atom. The molecule has 2 aromatic rings. The van der Waals surface area contributed by atoms with Crippen LogP contribution in [0.4, 0.5) is 0 Å². The number of allylic oxidation sites excluding steroid dienone is 1. The van der Waals surface area contributed by atoms with Crippen LogP contribution in [0.25, 0.3) is 6.08 Å². The number of rotatable bonds is 4. The third kappa shape index (κ3) is 4.92. The molecule has 0 atom stereocenters. The van der Waals surface area contributed by atoms with Gasteiger partial charge in [0.2, 0.25) is 6.29 Å². The van der Waals surface area contributed by atoms with Gasteiger partial charge in [-0.25, -0.2) is 0 Å². The highest BCUT2D eigenvalue weighted by Gasteiger charge is 2.23. The molecule has 0 heterocycles. The summed E-state index contributed by atoms with van der Waals surface area (Å²) in [5.41, 5.74) is 7.34. The maximum absolute atomic E-state index is 11.0. The molecule has 0 aromatic heterocycles. The van der Waals surface area contributed by atoms with Gasteiger partial charge in [-0.2, -0.15) is 0 Å². The molecule has 1 radical (unpaired) electrons. The van der Waals surface area contributed by atoms with Crippen molar-refractivity contribution in [2.24, 2.45) is 0 Å². The van der Waals surface area contributed by atoms with Gasteiger partial charge in [0.15, 0.2) is 0 Å². The Hall–Kier alpha value is -2.35. The minimum atomic E-state index is -0.136. The van der Waals surface area contributed by atoms with Gasteiger partial charge in [-0.15, -0.1) is 0 Å². The van der Waals surface area contributed by atoms with Gasteiger partial charge >= 0.3 is 0 Å². The molecule has 2 heteroatoms. The van der Waals surface area contributed by atoms with Gasteiger partial charge in [-0.1, -0.05) is 83.0 Å². The second kappa shape index (κ2) is 7.95. The lowest BCUT2D eigenvalue weighted by molar-refractivity contribution is 0.441. The average Bonchev–Trinajstić information content (AvgIpc) is 2.54. The van der Waals surface area contributed by atoms with Crippen molar-refractivity contribution in [3.63, 3.8) is 0 Å². The summed E-state index contributed by atoms with van der Waals surface area (Å²) in [7, 11) is 0. The molecular formula is C26H33O2. The standard InChI is InChI=1S/C26H33O2/c1-17-12-19(21(10-9-11-27)22(14-17)25(3,4)5)16-20-13-18(2)15-23(24(20)28)26(6,7)8/h9-10,12-15,28H,16H2,1-8H3. The number of hydrogen-bond acceptors (Lipinski definition) is 2. The number of phenolic OH excluding ortho intramolecular Hbond substituents is 1. The maximum atomic E-state index is 11.0. The van der Waals surface area contributed by atoms with Gasteiger partial charge in [0.1, 0.15) is 5.75 Å². The summed E-state index contributed by atoms with van der Waals surface area (Å²) in [5, 5.41) is 11.0. The lowest BCUT2D eigenvalue weighted by atomic mass is 9.79. The summed E-state index contributed by atoms with van der Waals surface area (Å²) in [6.07, 6.45) is 5.76. The normalized spacial score (nSPS) is 12.6. The fraction of sp³-hybridized carbons (Fsp3) is 0.423. The van der Waals surface area contributed by atoms with Crippen LogP contribution in [0, 0.1) is 13.8 Å². The zero-order valence-corrected chi connectivity index (χ0v) is 18.5. The second-order valence-electron chi connectivity index (χ2n) is 9.83. The van der Waals surface area contributed by atoms with Crippen LogP contribution in [0.5, 0.6) is 5.75 Å². The molecule has 1 N–H and O–H groups in total. The molecule has 0 fully saturated rings. The van der Waals surface area contributed by atoms with E-state index in [0.29, 0.717) is 12.2 Å². The van der Waals surface area contributed by atoms with E-state index in [0.717, 1.165) is 27.8 Å². The molecule has 2 aromatic carbocycles. The van der Waals surface area contributed by atoms with Crippen molar-refractivity contribution in [1.82, 2.24) is 0 Å². The number of benzene rings is 2. The molecule has 0 spiro atoms. The van der Waals surface area contributed by atoms with Crippen LogP contribution in [0.3, 0.4) is 0 Å². The highest BCUT2D eigenvalue weighted by molar-refractivity contribution is 5.77. The van der Waals surface area contributed by atoms with Gasteiger partial charge in [0, 0.05) is 6.42 Å². The third-order valence-corrected chi connectivity index (χ3v) is 5.06. The molecule has 28 heavy (non-hydrogen) atoms. The second-order valence-corrected chi connectivity index (χ2v) is 9.83. The number of aryl methyl sites for hydroxylation is 2. The Morgan fingerprint density at radius 1 is 0.857 bits per heavy atom. The van der Waals surface area contributed by atoms with Gasteiger partial charge in [-0.3, -0.25) is 4.79 Å². The Morgan fingerprint density at radius 3 is 1.86 bits per heavy atom. The van der Waals surface area contributed by atoms with E-state index in [2.05, 4.69) is 79.7 Å². The fourth-order valence-electron chi connectivity index (χ4n) is 3.72. The summed E-state index contributed by atoms with van der Waals surface area (Å²) < 4.78 is 0. The third-order valence-electron chi connectivity index (χ3n) is 5.06. The van der Waals surface area contributed by atoms with Crippen LogP contribution >= 0.6 is 0 Å². The zero-order valence-electron chi connectivity index (χ0n) is 18.5. The monoisotopic (exact) mass is 377 g/mol. The lowest BCUT2D eigenvalue weighted by Gasteiger charge is -2.26. The molecule has 0 unspecified atom stereocenters. The van der Waals surface area contributed by atoms with Crippen LogP contribution in [0.1, 0.15) is 80.5 Å². The van der Waals surface area contributed by atoms with E-state index in [1.54, 1.807) is 0 Å². The molecule has 149 valence electrons. The first-order valence-electron chi connectivity index (χ1n) is 9.85. The largest absolute Gasteiger partial charge is 0.507 e. The molecular weight excluding hydrogens is 344 g/mol. The number of carbonyl (C=O) groups excluding carboxylic acids is 1. The minimum Gasteiger partial charge on any atom is -0.507 e. The van der Waals surface area contributed by atoms with Crippen LogP contribution in [0.2, 0.25) is 0 Å². The van der Waals surface area contributed by atoms with Crippen molar-refractivity contribution in [2.75, 3.05) is 0 Å². The van der Waals surface area contributed by atoms with Gasteiger partial charge in [0.25, 0.3) is 0 Å². The van der Waals surface area contributed by atoms with Crippen molar-refractivity contribution in [2.45, 2.75) is 72.6 Å². The highest BCUT2D eigenvalue weighted by Crippen LogP contribution is 2.37. The van der Waals surface area contributed by atoms with Crippen LogP contribution in [0.15, 0.2) is 30.3 Å². The Kier molecular flexibility index (Phi) is 6.23. The number of hydrogen-bond donors (Lipinski definition) is 1. The van der Waals surface area contributed by atoms with E-state index in [4.69, 9.17) is 0 Å². The topological polar surface area (TPSA) is 37.3 Å². The van der Waals surface area contributed by atoms with Gasteiger partial charge < -0.3 is 5.11 Å². The highest BCUT2D eigenvalue weighted by atomic mass is 16.3. The van der Waals surface area contributed by atoms with E-state index < -0.39 is 0 Å². The van der Waals surface area contributed by atoms with Crippen LogP contribution in [-0.4, -0.2) is 11.4 Å². The summed E-state index contributed by atoms with van der Waals surface area (Å²) in [6.45, 7) is 17.0. The summed E-state index contributed by atoms with van der Waals surface area (Å²) in [5.74, 6) is 0.369. The SMILES string of the molecule is Cc1cc(Cc2cc(C)cc(C(C)(C)C)c2C=C[C]=O)c(O)c(C(C)(C)C)c1. The smallest absolute Gasteiger partial charge is 0.225 e. The zero-order chi connectivity index (χ0) is 21.3. The first-order chi connectivity index (χ1) is 12.8.